The molecule has 0 aliphatic heterocycles. The zero-order valence-electron chi connectivity index (χ0n) is 7.02. The number of rotatable bonds is 2. The van der Waals surface area contributed by atoms with Crippen molar-refractivity contribution in [2.24, 2.45) is 5.14 Å². The minimum atomic E-state index is -4.93. The Balaban J connectivity index is 3.04. The number of nitrogens with two attached hydrogens (primary N) is 1. The minimum absolute atomic E-state index is 0.503. The highest BCUT2D eigenvalue weighted by Gasteiger charge is 2.32. The Morgan fingerprint density at radius 1 is 1.40 bits per heavy atom. The summed E-state index contributed by atoms with van der Waals surface area (Å²) in [6.45, 7) is 0. The molecule has 1 heterocycles. The van der Waals surface area contributed by atoms with Gasteiger partial charge in [0.2, 0.25) is 15.9 Å². The lowest BCUT2D eigenvalue weighted by Gasteiger charge is -2.07. The van der Waals surface area contributed by atoms with Gasteiger partial charge < -0.3 is 4.74 Å². The fourth-order valence-electron chi connectivity index (χ4n) is 0.743. The molecule has 5 nitrogen and oxygen atoms in total. The zero-order valence-corrected chi connectivity index (χ0v) is 7.84. The Morgan fingerprint density at radius 2 is 2.00 bits per heavy atom. The highest BCUT2D eigenvalue weighted by atomic mass is 32.2. The van der Waals surface area contributed by atoms with E-state index in [0.717, 1.165) is 12.3 Å². The number of nitrogens with zero attached hydrogens (tertiary/aromatic N) is 1. The van der Waals surface area contributed by atoms with E-state index in [1.807, 2.05) is 0 Å². The number of alkyl halides is 3. The molecule has 9 heteroatoms. The number of halogens is 3. The molecule has 0 spiro atoms. The molecule has 0 fully saturated rings. The van der Waals surface area contributed by atoms with E-state index in [1.165, 1.54) is 0 Å². The molecule has 0 radical (unpaired) electrons. The maximum absolute atomic E-state index is 11.7. The van der Waals surface area contributed by atoms with Crippen LogP contribution in [0, 0.1) is 0 Å². The van der Waals surface area contributed by atoms with Crippen LogP contribution in [0.1, 0.15) is 0 Å². The first-order valence-corrected chi connectivity index (χ1v) is 4.98. The van der Waals surface area contributed by atoms with Crippen molar-refractivity contribution in [3.8, 4) is 5.88 Å². The summed E-state index contributed by atoms with van der Waals surface area (Å²) >= 11 is 0. The van der Waals surface area contributed by atoms with E-state index in [4.69, 9.17) is 5.14 Å². The molecule has 1 aromatic heterocycles. The SMILES string of the molecule is NS(=O)(=O)c1ccnc(OC(F)(F)F)c1. The van der Waals surface area contributed by atoms with Gasteiger partial charge in [-0.15, -0.1) is 13.2 Å². The van der Waals surface area contributed by atoms with Gasteiger partial charge in [-0.05, 0) is 6.07 Å². The molecule has 15 heavy (non-hydrogen) atoms. The van der Waals surface area contributed by atoms with E-state index in [-0.39, 0.29) is 0 Å². The van der Waals surface area contributed by atoms with E-state index in [1.54, 1.807) is 0 Å². The number of sulfonamides is 1. The Labute approximate surface area is 82.7 Å². The van der Waals surface area contributed by atoms with Gasteiger partial charge in [-0.2, -0.15) is 0 Å². The molecule has 0 aromatic carbocycles. The standard InChI is InChI=1S/C6H5F3N2O3S/c7-6(8,9)14-5-3-4(1-2-11-5)15(10,12)13/h1-3H,(H2,10,12,13). The molecule has 0 unspecified atom stereocenters. The van der Waals surface area contributed by atoms with Gasteiger partial charge in [-0.25, -0.2) is 18.5 Å². The van der Waals surface area contributed by atoms with Crippen molar-refractivity contribution in [3.05, 3.63) is 18.3 Å². The Bertz CT molecular complexity index is 457. The lowest BCUT2D eigenvalue weighted by molar-refractivity contribution is -0.276. The Hall–Kier alpha value is -1.35. The number of ether oxygens (including phenoxy) is 1. The summed E-state index contributed by atoms with van der Waals surface area (Å²) in [7, 11) is -4.07. The van der Waals surface area contributed by atoms with Gasteiger partial charge in [-0.1, -0.05) is 0 Å². The summed E-state index contributed by atoms with van der Waals surface area (Å²) < 4.78 is 60.1. The van der Waals surface area contributed by atoms with E-state index in [0.29, 0.717) is 6.07 Å². The van der Waals surface area contributed by atoms with Gasteiger partial charge in [0.1, 0.15) is 0 Å². The third-order valence-corrected chi connectivity index (χ3v) is 2.17. The molecule has 0 saturated heterocycles. The van der Waals surface area contributed by atoms with E-state index in [9.17, 15) is 21.6 Å². The predicted octanol–water partition coefficient (Wildman–Crippen LogP) is 0.628. The number of primary sulfonamides is 1. The fraction of sp³-hybridized carbons (Fsp3) is 0.167. The van der Waals surface area contributed by atoms with Gasteiger partial charge in [0, 0.05) is 12.3 Å². The topological polar surface area (TPSA) is 82.3 Å². The van der Waals surface area contributed by atoms with Crippen molar-refractivity contribution in [3.63, 3.8) is 0 Å². The number of aromatic nitrogens is 1. The lowest BCUT2D eigenvalue weighted by Crippen LogP contribution is -2.19. The summed E-state index contributed by atoms with van der Waals surface area (Å²) in [6, 6.07) is 1.54. The van der Waals surface area contributed by atoms with Crippen LogP contribution in [0.3, 0.4) is 0 Å². The van der Waals surface area contributed by atoms with Crippen LogP contribution in [0.15, 0.2) is 23.2 Å². The quantitative estimate of drug-likeness (QED) is 0.824. The number of hydrogen-bond donors (Lipinski definition) is 1. The molecular weight excluding hydrogens is 237 g/mol. The summed E-state index contributed by atoms with van der Waals surface area (Å²) in [6.07, 6.45) is -4.08. The van der Waals surface area contributed by atoms with Crippen LogP contribution < -0.4 is 9.88 Å². The predicted molar refractivity (Wildman–Crippen MR) is 42.3 cm³/mol. The molecule has 0 aliphatic rings. The third kappa shape index (κ3) is 3.72. The van der Waals surface area contributed by atoms with Crippen LogP contribution in [0.4, 0.5) is 13.2 Å². The number of hydrogen-bond acceptors (Lipinski definition) is 4. The first-order valence-electron chi connectivity index (χ1n) is 3.43. The van der Waals surface area contributed by atoms with Crippen LogP contribution in [0.2, 0.25) is 0 Å². The average Bonchev–Trinajstić information content (AvgIpc) is 1.99. The fourth-order valence-corrected chi connectivity index (χ4v) is 1.26. The average molecular weight is 242 g/mol. The van der Waals surface area contributed by atoms with Crippen molar-refractivity contribution in [1.82, 2.24) is 4.98 Å². The van der Waals surface area contributed by atoms with Crippen LogP contribution in [0.5, 0.6) is 5.88 Å². The second-order valence-corrected chi connectivity index (χ2v) is 3.98. The second kappa shape index (κ2) is 3.66. The van der Waals surface area contributed by atoms with E-state index < -0.39 is 27.2 Å². The third-order valence-electron chi connectivity index (χ3n) is 1.26. The smallest absolute Gasteiger partial charge is 0.388 e. The van der Waals surface area contributed by atoms with E-state index in [2.05, 4.69) is 9.72 Å². The van der Waals surface area contributed by atoms with Crippen molar-refractivity contribution >= 4 is 10.0 Å². The van der Waals surface area contributed by atoms with Crippen LogP contribution in [0.25, 0.3) is 0 Å². The van der Waals surface area contributed by atoms with Gasteiger partial charge >= 0.3 is 6.36 Å². The molecule has 1 rings (SSSR count). The van der Waals surface area contributed by atoms with E-state index >= 15 is 0 Å². The van der Waals surface area contributed by atoms with Crippen LogP contribution >= 0.6 is 0 Å². The van der Waals surface area contributed by atoms with Crippen LogP contribution in [-0.4, -0.2) is 19.8 Å². The highest BCUT2D eigenvalue weighted by molar-refractivity contribution is 7.89. The normalized spacial score (nSPS) is 12.5. The van der Waals surface area contributed by atoms with Crippen molar-refractivity contribution < 1.29 is 26.3 Å². The first kappa shape index (κ1) is 11.7. The molecule has 1 aromatic rings. The maximum atomic E-state index is 11.7. The number of pyridine rings is 1. The molecule has 2 N–H and O–H groups in total. The molecular formula is C6H5F3N2O3S. The van der Waals surface area contributed by atoms with Gasteiger partial charge in [-0.3, -0.25) is 0 Å². The van der Waals surface area contributed by atoms with Crippen molar-refractivity contribution in [2.45, 2.75) is 11.3 Å². The van der Waals surface area contributed by atoms with Gasteiger partial charge in [0.15, 0.2) is 0 Å². The summed E-state index contributed by atoms with van der Waals surface area (Å²) in [5.74, 6) is -0.881. The van der Waals surface area contributed by atoms with Crippen LogP contribution in [-0.2, 0) is 10.0 Å². The monoisotopic (exact) mass is 242 g/mol. The molecule has 0 bridgehead atoms. The summed E-state index contributed by atoms with van der Waals surface area (Å²) in [4.78, 5) is 2.67. The Kier molecular flexibility index (Phi) is 2.86. The lowest BCUT2D eigenvalue weighted by atomic mass is 10.5. The van der Waals surface area contributed by atoms with Crippen molar-refractivity contribution in [1.29, 1.82) is 0 Å². The largest absolute Gasteiger partial charge is 0.574 e. The zero-order chi connectivity index (χ0) is 11.7. The van der Waals surface area contributed by atoms with Gasteiger partial charge in [0.05, 0.1) is 4.90 Å². The molecule has 0 amide bonds. The summed E-state index contributed by atoms with van der Waals surface area (Å²) in [5.41, 5.74) is 0. The molecule has 84 valence electrons. The summed E-state index contributed by atoms with van der Waals surface area (Å²) in [5, 5.41) is 4.70. The van der Waals surface area contributed by atoms with Crippen molar-refractivity contribution in [2.75, 3.05) is 0 Å². The minimum Gasteiger partial charge on any atom is -0.388 e. The first-order chi connectivity index (χ1) is 6.68. The second-order valence-electron chi connectivity index (χ2n) is 2.42. The molecule has 0 saturated carbocycles. The molecule has 0 aliphatic carbocycles. The van der Waals surface area contributed by atoms with Gasteiger partial charge in [0.25, 0.3) is 0 Å². The maximum Gasteiger partial charge on any atom is 0.574 e. The molecule has 0 atom stereocenters. The highest BCUT2D eigenvalue weighted by Crippen LogP contribution is 2.22. The Morgan fingerprint density at radius 3 is 2.47 bits per heavy atom.